The van der Waals surface area contributed by atoms with E-state index >= 15 is 0 Å². The van der Waals surface area contributed by atoms with Gasteiger partial charge in [0, 0.05) is 12.8 Å². The Morgan fingerprint density at radius 1 is 0.786 bits per heavy atom. The number of rotatable bonds is 0. The fraction of sp³-hybridized carbons (Fsp3) is 1.00. The van der Waals surface area contributed by atoms with Crippen LogP contribution in [0, 0.1) is 0 Å². The number of fused-ring (bicyclic) bond motifs is 1. The van der Waals surface area contributed by atoms with Gasteiger partial charge >= 0.3 is 0 Å². The summed E-state index contributed by atoms with van der Waals surface area (Å²) in [5.74, 6) is 0. The zero-order valence-corrected chi connectivity index (χ0v) is 8.19. The van der Waals surface area contributed by atoms with Gasteiger partial charge < -0.3 is 20.4 Å². The molecule has 14 heavy (non-hydrogen) atoms. The van der Waals surface area contributed by atoms with Crippen LogP contribution in [0.2, 0.25) is 0 Å². The summed E-state index contributed by atoms with van der Waals surface area (Å²) in [4.78, 5) is 0. The molecular formula is C10H18O4. The smallest absolute Gasteiger partial charge is 0.0959 e. The van der Waals surface area contributed by atoms with E-state index in [4.69, 9.17) is 0 Å². The highest BCUT2D eigenvalue weighted by atomic mass is 16.4. The van der Waals surface area contributed by atoms with E-state index in [2.05, 4.69) is 0 Å². The average molecular weight is 202 g/mol. The summed E-state index contributed by atoms with van der Waals surface area (Å²) in [7, 11) is 0. The number of aliphatic hydroxyl groups is 4. The Hall–Kier alpha value is -0.160. The molecule has 0 aromatic rings. The summed E-state index contributed by atoms with van der Waals surface area (Å²) in [5, 5.41) is 39.4. The lowest BCUT2D eigenvalue weighted by Gasteiger charge is -2.52. The van der Waals surface area contributed by atoms with Crippen molar-refractivity contribution in [3.05, 3.63) is 0 Å². The van der Waals surface area contributed by atoms with Crippen molar-refractivity contribution in [2.75, 3.05) is 0 Å². The molecule has 4 nitrogen and oxygen atoms in total. The van der Waals surface area contributed by atoms with Crippen molar-refractivity contribution in [3.8, 4) is 0 Å². The number of hydrogen-bond acceptors (Lipinski definition) is 4. The Kier molecular flexibility index (Phi) is 2.34. The molecule has 4 N–H and O–H groups in total. The van der Waals surface area contributed by atoms with E-state index in [0.29, 0.717) is 12.8 Å². The molecule has 2 aliphatic rings. The predicted molar refractivity (Wildman–Crippen MR) is 49.6 cm³/mol. The SMILES string of the molecule is O[C@@H]1C[C@@]2(O)CCCC[C@]2(O)C[C@H]1O. The molecule has 4 heteroatoms. The van der Waals surface area contributed by atoms with Crippen molar-refractivity contribution in [1.82, 2.24) is 0 Å². The van der Waals surface area contributed by atoms with Gasteiger partial charge in [0.2, 0.25) is 0 Å². The van der Waals surface area contributed by atoms with Crippen LogP contribution in [0.25, 0.3) is 0 Å². The maximum absolute atomic E-state index is 10.2. The second-order valence-electron chi connectivity index (χ2n) is 4.81. The third-order valence-electron chi connectivity index (χ3n) is 3.83. The molecule has 0 aliphatic heterocycles. The fourth-order valence-electron chi connectivity index (χ4n) is 2.85. The molecule has 2 fully saturated rings. The van der Waals surface area contributed by atoms with Gasteiger partial charge in [-0.3, -0.25) is 0 Å². The van der Waals surface area contributed by atoms with E-state index in [1.165, 1.54) is 0 Å². The van der Waals surface area contributed by atoms with Crippen molar-refractivity contribution in [2.45, 2.75) is 61.9 Å². The zero-order chi connectivity index (χ0) is 10.4. The fourth-order valence-corrected chi connectivity index (χ4v) is 2.85. The highest BCUT2D eigenvalue weighted by Gasteiger charge is 2.56. The Balaban J connectivity index is 2.23. The maximum atomic E-state index is 10.2. The first-order valence-corrected chi connectivity index (χ1v) is 5.28. The lowest BCUT2D eigenvalue weighted by atomic mass is 9.62. The lowest BCUT2D eigenvalue weighted by Crippen LogP contribution is -2.64. The predicted octanol–water partition coefficient (Wildman–Crippen LogP) is -0.462. The summed E-state index contributed by atoms with van der Waals surface area (Å²) in [5.41, 5.74) is -2.38. The van der Waals surface area contributed by atoms with Crippen LogP contribution in [0.3, 0.4) is 0 Å². The Morgan fingerprint density at radius 3 is 1.50 bits per heavy atom. The second-order valence-corrected chi connectivity index (χ2v) is 4.81. The number of hydrogen-bond donors (Lipinski definition) is 4. The minimum atomic E-state index is -1.19. The second kappa shape index (κ2) is 3.17. The molecule has 0 aromatic carbocycles. The molecule has 2 aliphatic carbocycles. The van der Waals surface area contributed by atoms with Crippen molar-refractivity contribution < 1.29 is 20.4 Å². The van der Waals surface area contributed by atoms with Crippen LogP contribution in [-0.4, -0.2) is 43.8 Å². The van der Waals surface area contributed by atoms with Crippen molar-refractivity contribution in [2.24, 2.45) is 0 Å². The van der Waals surface area contributed by atoms with Gasteiger partial charge in [-0.1, -0.05) is 12.8 Å². The first kappa shape index (κ1) is 10.4. The lowest BCUT2D eigenvalue weighted by molar-refractivity contribution is -0.237. The molecule has 0 unspecified atom stereocenters. The van der Waals surface area contributed by atoms with Crippen molar-refractivity contribution in [1.29, 1.82) is 0 Å². The Labute approximate surface area is 83.2 Å². The highest BCUT2D eigenvalue weighted by Crippen LogP contribution is 2.46. The van der Waals surface area contributed by atoms with E-state index < -0.39 is 23.4 Å². The molecule has 2 rings (SSSR count). The van der Waals surface area contributed by atoms with Gasteiger partial charge in [0.15, 0.2) is 0 Å². The minimum Gasteiger partial charge on any atom is -0.390 e. The molecule has 2 saturated carbocycles. The molecule has 0 spiro atoms. The summed E-state index contributed by atoms with van der Waals surface area (Å²) in [6.45, 7) is 0. The number of aliphatic hydroxyl groups excluding tert-OH is 2. The van der Waals surface area contributed by atoms with Gasteiger partial charge in [-0.05, 0) is 12.8 Å². The van der Waals surface area contributed by atoms with Crippen molar-refractivity contribution in [3.63, 3.8) is 0 Å². The summed E-state index contributed by atoms with van der Waals surface area (Å²) < 4.78 is 0. The van der Waals surface area contributed by atoms with E-state index in [1.54, 1.807) is 0 Å². The molecular weight excluding hydrogens is 184 g/mol. The van der Waals surface area contributed by atoms with Gasteiger partial charge in [-0.15, -0.1) is 0 Å². The largest absolute Gasteiger partial charge is 0.390 e. The summed E-state index contributed by atoms with van der Waals surface area (Å²) in [6, 6.07) is 0. The first-order valence-electron chi connectivity index (χ1n) is 5.28. The highest BCUT2D eigenvalue weighted by molar-refractivity contribution is 5.09. The molecule has 0 heterocycles. The molecule has 4 atom stereocenters. The first-order chi connectivity index (χ1) is 6.47. The average Bonchev–Trinajstić information content (AvgIpc) is 2.09. The molecule has 0 aromatic heterocycles. The van der Waals surface area contributed by atoms with Crippen molar-refractivity contribution >= 4 is 0 Å². The maximum Gasteiger partial charge on any atom is 0.0959 e. The van der Waals surface area contributed by atoms with Crippen LogP contribution in [-0.2, 0) is 0 Å². The monoisotopic (exact) mass is 202 g/mol. The van der Waals surface area contributed by atoms with Gasteiger partial charge in [0.25, 0.3) is 0 Å². The van der Waals surface area contributed by atoms with Crippen LogP contribution in [0.5, 0.6) is 0 Å². The molecule has 0 saturated heterocycles. The standard InChI is InChI=1S/C10H18O4/c11-7-5-9(13)3-1-2-4-10(9,14)6-8(7)12/h7-8,11-14H,1-6H2/t7-,8-,9+,10+/m1/s1. The molecule has 0 bridgehead atoms. The molecule has 0 radical (unpaired) electrons. The van der Waals surface area contributed by atoms with Crippen LogP contribution in [0.4, 0.5) is 0 Å². The Bertz CT molecular complexity index is 208. The zero-order valence-electron chi connectivity index (χ0n) is 8.19. The van der Waals surface area contributed by atoms with Crippen LogP contribution >= 0.6 is 0 Å². The third kappa shape index (κ3) is 1.37. The topological polar surface area (TPSA) is 80.9 Å². The van der Waals surface area contributed by atoms with Crippen LogP contribution < -0.4 is 0 Å². The Morgan fingerprint density at radius 2 is 1.14 bits per heavy atom. The molecule has 82 valence electrons. The normalized spacial score (nSPS) is 54.0. The molecule has 0 amide bonds. The minimum absolute atomic E-state index is 0.0880. The van der Waals surface area contributed by atoms with Crippen LogP contribution in [0.1, 0.15) is 38.5 Å². The summed E-state index contributed by atoms with van der Waals surface area (Å²) >= 11 is 0. The van der Waals surface area contributed by atoms with E-state index in [9.17, 15) is 20.4 Å². The summed E-state index contributed by atoms with van der Waals surface area (Å²) in [6.07, 6.45) is 1.16. The van der Waals surface area contributed by atoms with Gasteiger partial charge in [-0.25, -0.2) is 0 Å². The van der Waals surface area contributed by atoms with Gasteiger partial charge in [0.1, 0.15) is 0 Å². The van der Waals surface area contributed by atoms with E-state index in [-0.39, 0.29) is 12.8 Å². The van der Waals surface area contributed by atoms with Crippen LogP contribution in [0.15, 0.2) is 0 Å². The van der Waals surface area contributed by atoms with Gasteiger partial charge in [-0.2, -0.15) is 0 Å². The third-order valence-corrected chi connectivity index (χ3v) is 3.83. The van der Waals surface area contributed by atoms with Gasteiger partial charge in [0.05, 0.1) is 23.4 Å². The van der Waals surface area contributed by atoms with E-state index in [1.807, 2.05) is 0 Å². The van der Waals surface area contributed by atoms with E-state index in [0.717, 1.165) is 12.8 Å². The quantitative estimate of drug-likeness (QED) is 0.428.